The maximum absolute atomic E-state index is 12.0. The second kappa shape index (κ2) is 6.88. The third kappa shape index (κ3) is 3.55. The fraction of sp³-hybridized carbons (Fsp3) is 0.588. The Morgan fingerprint density at radius 3 is 3.09 bits per heavy atom. The molecule has 0 bridgehead atoms. The number of rotatable bonds is 4. The number of carbonyl (C=O) groups is 1. The number of nitrogens with zero attached hydrogens (tertiary/aromatic N) is 1. The largest absolute Gasteiger partial charge is 0.371 e. The number of halogens is 1. The van der Waals surface area contributed by atoms with Gasteiger partial charge in [-0.1, -0.05) is 17.7 Å². The van der Waals surface area contributed by atoms with Crippen LogP contribution in [-0.2, 0) is 4.79 Å². The minimum atomic E-state index is 0.0210. The molecule has 2 fully saturated rings. The predicted octanol–water partition coefficient (Wildman–Crippen LogP) is 2.34. The normalized spacial score (nSPS) is 24.7. The molecule has 3 rings (SSSR count). The van der Waals surface area contributed by atoms with Gasteiger partial charge in [-0.25, -0.2) is 0 Å². The lowest BCUT2D eigenvalue weighted by Crippen LogP contribution is -2.42. The molecular formula is C17H24ClN3O. The predicted molar refractivity (Wildman–Crippen MR) is 90.5 cm³/mol. The smallest absolute Gasteiger partial charge is 0.237 e. The van der Waals surface area contributed by atoms with Crippen LogP contribution in [0.1, 0.15) is 24.8 Å². The average Bonchev–Trinajstić information content (AvgIpc) is 3.18. The van der Waals surface area contributed by atoms with Gasteiger partial charge in [0.05, 0.1) is 6.04 Å². The Hall–Kier alpha value is -1.26. The monoisotopic (exact) mass is 321 g/mol. The summed E-state index contributed by atoms with van der Waals surface area (Å²) >= 11 is 6.12. The van der Waals surface area contributed by atoms with Crippen LogP contribution in [0.3, 0.4) is 0 Å². The summed E-state index contributed by atoms with van der Waals surface area (Å²) in [4.78, 5) is 14.4. The first-order chi connectivity index (χ1) is 10.6. The highest BCUT2D eigenvalue weighted by Crippen LogP contribution is 2.29. The van der Waals surface area contributed by atoms with Crippen LogP contribution >= 0.6 is 11.6 Å². The third-order valence-electron chi connectivity index (χ3n) is 4.74. The van der Waals surface area contributed by atoms with Gasteiger partial charge >= 0.3 is 0 Å². The van der Waals surface area contributed by atoms with E-state index in [1.807, 2.05) is 12.1 Å². The molecule has 22 heavy (non-hydrogen) atoms. The van der Waals surface area contributed by atoms with E-state index in [2.05, 4.69) is 28.5 Å². The SMILES string of the molecule is Cc1ccc(Cl)cc1N1CCC(CNC(=O)C2CCCN2)C1. The summed E-state index contributed by atoms with van der Waals surface area (Å²) in [5.74, 6) is 0.679. The number of aryl methyl sites for hydroxylation is 1. The number of benzene rings is 1. The second-order valence-electron chi connectivity index (χ2n) is 6.43. The summed E-state index contributed by atoms with van der Waals surface area (Å²) < 4.78 is 0. The molecular weight excluding hydrogens is 298 g/mol. The fourth-order valence-corrected chi connectivity index (χ4v) is 3.58. The van der Waals surface area contributed by atoms with Gasteiger partial charge < -0.3 is 15.5 Å². The summed E-state index contributed by atoms with van der Waals surface area (Å²) in [6.07, 6.45) is 3.18. The number of hydrogen-bond donors (Lipinski definition) is 2. The van der Waals surface area contributed by atoms with Crippen molar-refractivity contribution in [3.05, 3.63) is 28.8 Å². The first-order valence-corrected chi connectivity index (χ1v) is 8.53. The number of anilines is 1. The molecule has 120 valence electrons. The molecule has 2 unspecified atom stereocenters. The molecule has 2 atom stereocenters. The van der Waals surface area contributed by atoms with Crippen molar-refractivity contribution in [1.82, 2.24) is 10.6 Å². The van der Waals surface area contributed by atoms with Crippen molar-refractivity contribution in [2.75, 3.05) is 31.1 Å². The lowest BCUT2D eigenvalue weighted by molar-refractivity contribution is -0.122. The Labute approximate surface area is 137 Å². The quantitative estimate of drug-likeness (QED) is 0.894. The lowest BCUT2D eigenvalue weighted by atomic mass is 10.1. The summed E-state index contributed by atoms with van der Waals surface area (Å²) in [6.45, 7) is 5.87. The van der Waals surface area contributed by atoms with Crippen molar-refractivity contribution in [1.29, 1.82) is 0 Å². The van der Waals surface area contributed by atoms with E-state index in [1.54, 1.807) is 0 Å². The Balaban J connectivity index is 1.51. The van der Waals surface area contributed by atoms with E-state index in [-0.39, 0.29) is 11.9 Å². The van der Waals surface area contributed by atoms with Gasteiger partial charge in [0, 0.05) is 30.3 Å². The standard InChI is InChI=1S/C17H24ClN3O/c1-12-4-5-14(18)9-16(12)21-8-6-13(11-21)10-20-17(22)15-3-2-7-19-15/h4-5,9,13,15,19H,2-3,6-8,10-11H2,1H3,(H,20,22). The van der Waals surface area contributed by atoms with Crippen molar-refractivity contribution in [3.8, 4) is 0 Å². The van der Waals surface area contributed by atoms with Gasteiger partial charge in [0.1, 0.15) is 0 Å². The number of carbonyl (C=O) groups excluding carboxylic acids is 1. The molecule has 1 aromatic rings. The van der Waals surface area contributed by atoms with Crippen molar-refractivity contribution >= 4 is 23.2 Å². The minimum Gasteiger partial charge on any atom is -0.371 e. The number of nitrogens with one attached hydrogen (secondary N) is 2. The number of hydrogen-bond acceptors (Lipinski definition) is 3. The molecule has 2 saturated heterocycles. The lowest BCUT2D eigenvalue weighted by Gasteiger charge is -2.21. The molecule has 0 radical (unpaired) electrons. The zero-order chi connectivity index (χ0) is 15.5. The molecule has 1 aromatic carbocycles. The van der Waals surface area contributed by atoms with E-state index < -0.39 is 0 Å². The third-order valence-corrected chi connectivity index (χ3v) is 4.97. The highest BCUT2D eigenvalue weighted by molar-refractivity contribution is 6.30. The maximum Gasteiger partial charge on any atom is 0.237 e. The summed E-state index contributed by atoms with van der Waals surface area (Å²) in [5.41, 5.74) is 2.48. The number of amides is 1. The van der Waals surface area contributed by atoms with Gasteiger partial charge in [-0.05, 0) is 56.3 Å². The molecule has 4 nitrogen and oxygen atoms in total. The van der Waals surface area contributed by atoms with Crippen LogP contribution in [0.4, 0.5) is 5.69 Å². The highest BCUT2D eigenvalue weighted by Gasteiger charge is 2.26. The van der Waals surface area contributed by atoms with Gasteiger partial charge in [0.25, 0.3) is 0 Å². The average molecular weight is 322 g/mol. The van der Waals surface area contributed by atoms with Crippen molar-refractivity contribution in [2.45, 2.75) is 32.2 Å². The van der Waals surface area contributed by atoms with Gasteiger partial charge in [-0.15, -0.1) is 0 Å². The van der Waals surface area contributed by atoms with Crippen LogP contribution in [0.25, 0.3) is 0 Å². The van der Waals surface area contributed by atoms with Crippen molar-refractivity contribution in [3.63, 3.8) is 0 Å². The van der Waals surface area contributed by atoms with Gasteiger partial charge in [0.2, 0.25) is 5.91 Å². The van der Waals surface area contributed by atoms with Crippen LogP contribution in [0.15, 0.2) is 18.2 Å². The molecule has 0 aromatic heterocycles. The van der Waals surface area contributed by atoms with E-state index in [1.165, 1.54) is 11.3 Å². The molecule has 0 saturated carbocycles. The van der Waals surface area contributed by atoms with Crippen LogP contribution in [0.2, 0.25) is 5.02 Å². The molecule has 2 N–H and O–H groups in total. The van der Waals surface area contributed by atoms with E-state index in [9.17, 15) is 4.79 Å². The van der Waals surface area contributed by atoms with E-state index in [4.69, 9.17) is 11.6 Å². The molecule has 0 aliphatic carbocycles. The van der Waals surface area contributed by atoms with Gasteiger partial charge in [-0.3, -0.25) is 4.79 Å². The zero-order valence-corrected chi connectivity index (χ0v) is 13.8. The van der Waals surface area contributed by atoms with Crippen molar-refractivity contribution < 1.29 is 4.79 Å². The first kappa shape index (κ1) is 15.6. The van der Waals surface area contributed by atoms with Crippen LogP contribution in [-0.4, -0.2) is 38.1 Å². The molecule has 5 heteroatoms. The fourth-order valence-electron chi connectivity index (χ4n) is 3.42. The summed E-state index contributed by atoms with van der Waals surface area (Å²) in [6, 6.07) is 6.06. The Bertz CT molecular complexity index is 543. The molecule has 0 spiro atoms. The van der Waals surface area contributed by atoms with E-state index in [0.29, 0.717) is 5.92 Å². The Morgan fingerprint density at radius 1 is 1.45 bits per heavy atom. The first-order valence-electron chi connectivity index (χ1n) is 8.15. The van der Waals surface area contributed by atoms with Crippen molar-refractivity contribution in [2.24, 2.45) is 5.92 Å². The zero-order valence-electron chi connectivity index (χ0n) is 13.1. The van der Waals surface area contributed by atoms with Crippen LogP contribution < -0.4 is 15.5 Å². The highest BCUT2D eigenvalue weighted by atomic mass is 35.5. The molecule has 2 aliphatic rings. The second-order valence-corrected chi connectivity index (χ2v) is 6.86. The molecule has 1 amide bonds. The van der Waals surface area contributed by atoms with E-state index >= 15 is 0 Å². The molecule has 2 aliphatic heterocycles. The molecule has 2 heterocycles. The minimum absolute atomic E-state index is 0.0210. The summed E-state index contributed by atoms with van der Waals surface area (Å²) in [5, 5.41) is 7.14. The topological polar surface area (TPSA) is 44.4 Å². The summed E-state index contributed by atoms with van der Waals surface area (Å²) in [7, 11) is 0. The maximum atomic E-state index is 12.0. The Kier molecular flexibility index (Phi) is 4.89. The van der Waals surface area contributed by atoms with Crippen LogP contribution in [0.5, 0.6) is 0 Å². The Morgan fingerprint density at radius 2 is 2.32 bits per heavy atom. The van der Waals surface area contributed by atoms with E-state index in [0.717, 1.165) is 50.5 Å². The van der Waals surface area contributed by atoms with Crippen LogP contribution in [0, 0.1) is 12.8 Å². The van der Waals surface area contributed by atoms with Gasteiger partial charge in [0.15, 0.2) is 0 Å². The van der Waals surface area contributed by atoms with Gasteiger partial charge in [-0.2, -0.15) is 0 Å².